The van der Waals surface area contributed by atoms with Gasteiger partial charge in [-0.3, -0.25) is 9.59 Å². The van der Waals surface area contributed by atoms with Crippen LogP contribution in [-0.4, -0.2) is 11.8 Å². The molecule has 2 rings (SSSR count). The minimum Gasteiger partial charge on any atom is -0.326 e. The van der Waals surface area contributed by atoms with Gasteiger partial charge in [0.25, 0.3) is 0 Å². The van der Waals surface area contributed by atoms with E-state index in [1.807, 2.05) is 50.2 Å². The van der Waals surface area contributed by atoms with E-state index in [2.05, 4.69) is 10.6 Å². The Kier molecular flexibility index (Phi) is 4.61. The summed E-state index contributed by atoms with van der Waals surface area (Å²) in [6.45, 7) is 6.95. The second-order valence-corrected chi connectivity index (χ2v) is 5.46. The molecule has 0 fully saturated rings. The minimum absolute atomic E-state index is 0.126. The van der Waals surface area contributed by atoms with Crippen LogP contribution in [0.4, 0.5) is 11.4 Å². The monoisotopic (exact) mass is 296 g/mol. The normalized spacial score (nSPS) is 10.2. The van der Waals surface area contributed by atoms with E-state index in [-0.39, 0.29) is 11.8 Å². The van der Waals surface area contributed by atoms with Crippen LogP contribution in [0.5, 0.6) is 0 Å². The van der Waals surface area contributed by atoms with E-state index in [1.54, 1.807) is 0 Å². The number of nitrogens with one attached hydrogen (secondary N) is 2. The quantitative estimate of drug-likeness (QED) is 0.902. The summed E-state index contributed by atoms with van der Waals surface area (Å²) in [4.78, 5) is 22.9. The van der Waals surface area contributed by atoms with Crippen molar-refractivity contribution < 1.29 is 9.59 Å². The zero-order valence-corrected chi connectivity index (χ0v) is 13.3. The van der Waals surface area contributed by atoms with Crippen molar-refractivity contribution in [2.45, 2.75) is 27.7 Å². The molecule has 0 spiro atoms. The molecule has 22 heavy (non-hydrogen) atoms. The molecule has 0 atom stereocenters. The second kappa shape index (κ2) is 6.43. The van der Waals surface area contributed by atoms with Crippen molar-refractivity contribution in [3.8, 4) is 11.1 Å². The Morgan fingerprint density at radius 2 is 1.09 bits per heavy atom. The van der Waals surface area contributed by atoms with Crippen molar-refractivity contribution >= 4 is 23.2 Å². The van der Waals surface area contributed by atoms with E-state index in [0.717, 1.165) is 33.6 Å². The summed E-state index contributed by atoms with van der Waals surface area (Å²) in [7, 11) is 0. The van der Waals surface area contributed by atoms with Crippen molar-refractivity contribution in [2.75, 3.05) is 10.6 Å². The maximum Gasteiger partial charge on any atom is 0.221 e. The SMILES string of the molecule is CC(=O)Nc1ccc(C)cc1-c1cc(C)ccc1NC(C)=O. The Bertz CT molecular complexity index is 672. The van der Waals surface area contributed by atoms with Crippen LogP contribution in [0.15, 0.2) is 36.4 Å². The Morgan fingerprint density at radius 1 is 0.727 bits per heavy atom. The summed E-state index contributed by atoms with van der Waals surface area (Å²) in [6, 6.07) is 11.7. The fourth-order valence-corrected chi connectivity index (χ4v) is 2.36. The van der Waals surface area contributed by atoms with Crippen molar-refractivity contribution in [1.29, 1.82) is 0 Å². The van der Waals surface area contributed by atoms with E-state index in [9.17, 15) is 9.59 Å². The van der Waals surface area contributed by atoms with Crippen molar-refractivity contribution in [3.05, 3.63) is 47.5 Å². The lowest BCUT2D eigenvalue weighted by Gasteiger charge is -2.16. The second-order valence-electron chi connectivity index (χ2n) is 5.46. The lowest BCUT2D eigenvalue weighted by atomic mass is 9.97. The fourth-order valence-electron chi connectivity index (χ4n) is 2.36. The van der Waals surface area contributed by atoms with E-state index in [0.29, 0.717) is 0 Å². The van der Waals surface area contributed by atoms with Crippen LogP contribution in [-0.2, 0) is 9.59 Å². The Balaban J connectivity index is 2.63. The third kappa shape index (κ3) is 3.73. The Morgan fingerprint density at radius 3 is 1.41 bits per heavy atom. The lowest BCUT2D eigenvalue weighted by Crippen LogP contribution is -2.09. The van der Waals surface area contributed by atoms with E-state index >= 15 is 0 Å². The molecule has 0 aliphatic heterocycles. The highest BCUT2D eigenvalue weighted by Gasteiger charge is 2.12. The zero-order valence-electron chi connectivity index (χ0n) is 13.3. The minimum atomic E-state index is -0.126. The summed E-state index contributed by atoms with van der Waals surface area (Å²) >= 11 is 0. The zero-order chi connectivity index (χ0) is 16.3. The molecule has 0 unspecified atom stereocenters. The first-order valence-corrected chi connectivity index (χ1v) is 7.13. The number of anilines is 2. The molecule has 0 aromatic heterocycles. The van der Waals surface area contributed by atoms with Gasteiger partial charge in [-0.1, -0.05) is 23.3 Å². The molecule has 2 aromatic rings. The van der Waals surface area contributed by atoms with Crippen molar-refractivity contribution in [2.24, 2.45) is 0 Å². The molecule has 114 valence electrons. The first-order valence-electron chi connectivity index (χ1n) is 7.13. The Hall–Kier alpha value is -2.62. The van der Waals surface area contributed by atoms with Crippen LogP contribution in [0.3, 0.4) is 0 Å². The Labute approximate surface area is 130 Å². The average molecular weight is 296 g/mol. The van der Waals surface area contributed by atoms with E-state index < -0.39 is 0 Å². The molecular formula is C18H20N2O2. The van der Waals surface area contributed by atoms with Gasteiger partial charge in [-0.15, -0.1) is 0 Å². The van der Waals surface area contributed by atoms with Crippen LogP contribution >= 0.6 is 0 Å². The number of aryl methyl sites for hydroxylation is 2. The molecule has 0 aliphatic carbocycles. The number of carbonyl (C=O) groups is 2. The molecule has 0 radical (unpaired) electrons. The number of amides is 2. The molecule has 2 amide bonds. The van der Waals surface area contributed by atoms with Gasteiger partial charge in [0.05, 0.1) is 0 Å². The predicted molar refractivity (Wildman–Crippen MR) is 90.0 cm³/mol. The molecule has 2 N–H and O–H groups in total. The highest BCUT2D eigenvalue weighted by molar-refractivity contribution is 5.99. The topological polar surface area (TPSA) is 58.2 Å². The number of hydrogen-bond donors (Lipinski definition) is 2. The van der Waals surface area contributed by atoms with Gasteiger partial charge in [0, 0.05) is 36.3 Å². The van der Waals surface area contributed by atoms with Gasteiger partial charge in [0.2, 0.25) is 11.8 Å². The smallest absolute Gasteiger partial charge is 0.221 e. The summed E-state index contributed by atoms with van der Waals surface area (Å²) in [5.41, 5.74) is 5.41. The maximum absolute atomic E-state index is 11.4. The first-order chi connectivity index (χ1) is 10.4. The molecule has 0 saturated heterocycles. The van der Waals surface area contributed by atoms with Crippen LogP contribution in [0.2, 0.25) is 0 Å². The lowest BCUT2D eigenvalue weighted by molar-refractivity contribution is -0.115. The van der Waals surface area contributed by atoms with Crippen molar-refractivity contribution in [3.63, 3.8) is 0 Å². The molecule has 0 saturated carbocycles. The maximum atomic E-state index is 11.4. The van der Waals surface area contributed by atoms with Gasteiger partial charge in [-0.05, 0) is 38.1 Å². The van der Waals surface area contributed by atoms with Crippen LogP contribution < -0.4 is 10.6 Å². The molecule has 0 bridgehead atoms. The standard InChI is InChI=1S/C18H20N2O2/c1-11-5-7-17(19-13(3)21)15(9-11)16-10-12(2)6-8-18(16)20-14(4)22/h5-10H,1-4H3,(H,19,21)(H,20,22). The molecule has 0 heterocycles. The molecule has 4 heteroatoms. The summed E-state index contributed by atoms with van der Waals surface area (Å²) < 4.78 is 0. The van der Waals surface area contributed by atoms with Gasteiger partial charge in [-0.25, -0.2) is 0 Å². The number of hydrogen-bond acceptors (Lipinski definition) is 2. The highest BCUT2D eigenvalue weighted by atomic mass is 16.2. The van der Waals surface area contributed by atoms with E-state index in [1.165, 1.54) is 13.8 Å². The summed E-state index contributed by atoms with van der Waals surface area (Å²) in [5.74, 6) is -0.252. The third-order valence-electron chi connectivity index (χ3n) is 3.26. The average Bonchev–Trinajstić information content (AvgIpc) is 2.42. The third-order valence-corrected chi connectivity index (χ3v) is 3.26. The van der Waals surface area contributed by atoms with Gasteiger partial charge in [-0.2, -0.15) is 0 Å². The van der Waals surface area contributed by atoms with Crippen LogP contribution in [0.25, 0.3) is 11.1 Å². The molecular weight excluding hydrogens is 276 g/mol. The van der Waals surface area contributed by atoms with Gasteiger partial charge in [0.1, 0.15) is 0 Å². The number of carbonyl (C=O) groups excluding carboxylic acids is 2. The summed E-state index contributed by atoms with van der Waals surface area (Å²) in [5, 5.41) is 5.69. The molecule has 4 nitrogen and oxygen atoms in total. The highest BCUT2D eigenvalue weighted by Crippen LogP contribution is 2.35. The predicted octanol–water partition coefficient (Wildman–Crippen LogP) is 3.89. The summed E-state index contributed by atoms with van der Waals surface area (Å²) in [6.07, 6.45) is 0. The van der Waals surface area contributed by atoms with Gasteiger partial charge >= 0.3 is 0 Å². The first kappa shape index (κ1) is 15.8. The largest absolute Gasteiger partial charge is 0.326 e. The number of benzene rings is 2. The van der Waals surface area contributed by atoms with Crippen LogP contribution in [0.1, 0.15) is 25.0 Å². The van der Waals surface area contributed by atoms with E-state index in [4.69, 9.17) is 0 Å². The van der Waals surface area contributed by atoms with Gasteiger partial charge < -0.3 is 10.6 Å². The molecule has 2 aromatic carbocycles. The molecule has 0 aliphatic rings. The van der Waals surface area contributed by atoms with Crippen LogP contribution in [0, 0.1) is 13.8 Å². The van der Waals surface area contributed by atoms with Gasteiger partial charge in [0.15, 0.2) is 0 Å². The fraction of sp³-hybridized carbons (Fsp3) is 0.222. The van der Waals surface area contributed by atoms with Crippen molar-refractivity contribution in [1.82, 2.24) is 0 Å². The number of rotatable bonds is 3.